The second-order valence-corrected chi connectivity index (χ2v) is 7.38. The normalized spacial score (nSPS) is 11.8. The van der Waals surface area contributed by atoms with E-state index in [1.165, 1.54) is 12.1 Å². The van der Waals surface area contributed by atoms with E-state index in [0.29, 0.717) is 17.3 Å². The van der Waals surface area contributed by atoms with Gasteiger partial charge >= 0.3 is 0 Å². The van der Waals surface area contributed by atoms with Gasteiger partial charge in [-0.3, -0.25) is 9.78 Å². The molecule has 0 N–H and O–H groups in total. The zero-order chi connectivity index (χ0) is 15.6. The largest absolute Gasteiger partial charge is 0.271 e. The highest BCUT2D eigenvalue weighted by Crippen LogP contribution is 2.12. The van der Waals surface area contributed by atoms with Crippen LogP contribution in [-0.4, -0.2) is 29.4 Å². The van der Waals surface area contributed by atoms with Gasteiger partial charge in [0.05, 0.1) is 23.3 Å². The summed E-state index contributed by atoms with van der Waals surface area (Å²) >= 11 is 0. The minimum Gasteiger partial charge on any atom is -0.267 e. The molecule has 0 aliphatic rings. The minimum absolute atomic E-state index is 0.204. The van der Waals surface area contributed by atoms with E-state index in [-0.39, 0.29) is 11.3 Å². The molecule has 2 aromatic rings. The summed E-state index contributed by atoms with van der Waals surface area (Å²) in [6.45, 7) is 4.05. The van der Waals surface area contributed by atoms with Crippen LogP contribution >= 0.6 is 0 Å². The molecule has 0 atom stereocenters. The van der Waals surface area contributed by atoms with Gasteiger partial charge in [0, 0.05) is 18.0 Å². The Morgan fingerprint density at radius 1 is 1.19 bits per heavy atom. The molecule has 0 aliphatic heterocycles. The van der Waals surface area contributed by atoms with Crippen LogP contribution in [0.25, 0.3) is 5.69 Å². The summed E-state index contributed by atoms with van der Waals surface area (Å²) in [7, 11) is -3.20. The monoisotopic (exact) mass is 307 g/mol. The van der Waals surface area contributed by atoms with Crippen molar-refractivity contribution < 1.29 is 8.42 Å². The highest BCUT2D eigenvalue weighted by atomic mass is 32.2. The molecule has 2 heterocycles. The van der Waals surface area contributed by atoms with Crippen LogP contribution in [0.4, 0.5) is 0 Å². The average Bonchev–Trinajstić information content (AvgIpc) is 2.39. The number of aromatic nitrogens is 3. The summed E-state index contributed by atoms with van der Waals surface area (Å²) in [6.07, 6.45) is 2.69. The minimum atomic E-state index is -3.20. The van der Waals surface area contributed by atoms with Gasteiger partial charge in [0.25, 0.3) is 5.56 Å². The molecule has 0 unspecified atom stereocenters. The Hall–Kier alpha value is -2.02. The van der Waals surface area contributed by atoms with Crippen molar-refractivity contribution in [3.05, 3.63) is 52.2 Å². The highest BCUT2D eigenvalue weighted by molar-refractivity contribution is 7.89. The van der Waals surface area contributed by atoms with Crippen LogP contribution in [0.1, 0.15) is 31.2 Å². The summed E-state index contributed by atoms with van der Waals surface area (Å²) in [4.78, 5) is 16.2. The Labute approximate surface area is 123 Å². The van der Waals surface area contributed by atoms with Gasteiger partial charge in [0.2, 0.25) is 0 Å². The van der Waals surface area contributed by atoms with Gasteiger partial charge in [-0.1, -0.05) is 13.8 Å². The van der Waals surface area contributed by atoms with Crippen molar-refractivity contribution in [2.75, 3.05) is 6.26 Å². The number of hydrogen-bond donors (Lipinski definition) is 0. The number of sulfone groups is 1. The molecular formula is C14H17N3O3S. The van der Waals surface area contributed by atoms with E-state index in [1.807, 2.05) is 19.9 Å². The SMILES string of the molecule is CC(C)c1ccc(-n2nc(CS(C)(=O)=O)ccc2=O)cn1. The molecule has 0 aromatic carbocycles. The van der Waals surface area contributed by atoms with Gasteiger partial charge in [-0.15, -0.1) is 0 Å². The second kappa shape index (κ2) is 5.77. The maximum Gasteiger partial charge on any atom is 0.271 e. The van der Waals surface area contributed by atoms with Gasteiger partial charge in [0.15, 0.2) is 9.84 Å². The summed E-state index contributed by atoms with van der Waals surface area (Å²) in [5.41, 5.74) is 1.43. The Balaban J connectivity index is 2.43. The van der Waals surface area contributed by atoms with Crippen LogP contribution in [0.15, 0.2) is 35.3 Å². The number of pyridine rings is 1. The third-order valence-electron chi connectivity index (χ3n) is 2.87. The standard InChI is InChI=1S/C14H17N3O3S/c1-10(2)13-6-5-12(8-15-13)17-14(18)7-4-11(16-17)9-21(3,19)20/h4-8,10H,9H2,1-3H3. The third kappa shape index (κ3) is 3.98. The first-order valence-corrected chi connectivity index (χ1v) is 8.55. The molecular weight excluding hydrogens is 290 g/mol. The van der Waals surface area contributed by atoms with Crippen LogP contribution in [0.5, 0.6) is 0 Å². The van der Waals surface area contributed by atoms with Crippen molar-refractivity contribution in [1.82, 2.24) is 14.8 Å². The van der Waals surface area contributed by atoms with Crippen LogP contribution in [0, 0.1) is 0 Å². The molecule has 0 amide bonds. The van der Waals surface area contributed by atoms with Crippen LogP contribution < -0.4 is 5.56 Å². The lowest BCUT2D eigenvalue weighted by molar-refractivity contribution is 0.599. The lowest BCUT2D eigenvalue weighted by atomic mass is 10.1. The van der Waals surface area contributed by atoms with E-state index >= 15 is 0 Å². The van der Waals surface area contributed by atoms with E-state index in [1.54, 1.807) is 12.3 Å². The Morgan fingerprint density at radius 3 is 2.43 bits per heavy atom. The Morgan fingerprint density at radius 2 is 1.90 bits per heavy atom. The van der Waals surface area contributed by atoms with Crippen molar-refractivity contribution in [2.24, 2.45) is 0 Å². The molecule has 0 saturated carbocycles. The molecule has 0 spiro atoms. The second-order valence-electron chi connectivity index (χ2n) is 5.24. The van der Waals surface area contributed by atoms with Gasteiger partial charge in [-0.25, -0.2) is 8.42 Å². The van der Waals surface area contributed by atoms with Gasteiger partial charge in [0.1, 0.15) is 0 Å². The first-order chi connectivity index (χ1) is 9.76. The van der Waals surface area contributed by atoms with Gasteiger partial charge < -0.3 is 0 Å². The predicted octanol–water partition coefficient (Wildman–Crippen LogP) is 1.30. The van der Waals surface area contributed by atoms with E-state index in [0.717, 1.165) is 16.6 Å². The maximum absolute atomic E-state index is 11.9. The topological polar surface area (TPSA) is 81.9 Å². The fourth-order valence-corrected chi connectivity index (χ4v) is 2.54. The van der Waals surface area contributed by atoms with Crippen molar-refractivity contribution >= 4 is 9.84 Å². The molecule has 0 bridgehead atoms. The van der Waals surface area contributed by atoms with E-state index < -0.39 is 9.84 Å². The zero-order valence-electron chi connectivity index (χ0n) is 12.1. The molecule has 0 radical (unpaired) electrons. The van der Waals surface area contributed by atoms with Crippen LogP contribution in [0.2, 0.25) is 0 Å². The fraction of sp³-hybridized carbons (Fsp3) is 0.357. The lowest BCUT2D eigenvalue weighted by Crippen LogP contribution is -2.22. The fourth-order valence-electron chi connectivity index (χ4n) is 1.84. The molecule has 6 nitrogen and oxygen atoms in total. The van der Waals surface area contributed by atoms with E-state index in [4.69, 9.17) is 0 Å². The van der Waals surface area contributed by atoms with Crippen molar-refractivity contribution in [3.8, 4) is 5.69 Å². The first-order valence-electron chi connectivity index (χ1n) is 6.49. The van der Waals surface area contributed by atoms with Crippen LogP contribution in [-0.2, 0) is 15.6 Å². The number of nitrogens with zero attached hydrogens (tertiary/aromatic N) is 3. The van der Waals surface area contributed by atoms with Gasteiger partial charge in [-0.05, 0) is 24.1 Å². The zero-order valence-corrected chi connectivity index (χ0v) is 13.0. The first kappa shape index (κ1) is 15.4. The van der Waals surface area contributed by atoms with Crippen LogP contribution in [0.3, 0.4) is 0 Å². The third-order valence-corrected chi connectivity index (χ3v) is 3.69. The molecule has 7 heteroatoms. The van der Waals surface area contributed by atoms with Gasteiger partial charge in [-0.2, -0.15) is 9.78 Å². The molecule has 112 valence electrons. The number of hydrogen-bond acceptors (Lipinski definition) is 5. The molecule has 21 heavy (non-hydrogen) atoms. The summed E-state index contributed by atoms with van der Waals surface area (Å²) in [5, 5.41) is 4.09. The van der Waals surface area contributed by atoms with E-state index in [2.05, 4.69) is 10.1 Å². The molecule has 2 aromatic heterocycles. The smallest absolute Gasteiger partial charge is 0.267 e. The lowest BCUT2D eigenvalue weighted by Gasteiger charge is -2.08. The Kier molecular flexibility index (Phi) is 4.22. The average molecular weight is 307 g/mol. The predicted molar refractivity (Wildman–Crippen MR) is 80.3 cm³/mol. The Bertz CT molecular complexity index is 793. The molecule has 0 aliphatic carbocycles. The van der Waals surface area contributed by atoms with E-state index in [9.17, 15) is 13.2 Å². The molecule has 0 saturated heterocycles. The summed E-state index contributed by atoms with van der Waals surface area (Å²) in [5.74, 6) is 0.0884. The maximum atomic E-state index is 11.9. The van der Waals surface area contributed by atoms with Crippen molar-refractivity contribution in [3.63, 3.8) is 0 Å². The summed E-state index contributed by atoms with van der Waals surface area (Å²) in [6, 6.07) is 6.32. The van der Waals surface area contributed by atoms with Crippen molar-refractivity contribution in [2.45, 2.75) is 25.5 Å². The number of rotatable bonds is 4. The highest BCUT2D eigenvalue weighted by Gasteiger charge is 2.09. The summed E-state index contributed by atoms with van der Waals surface area (Å²) < 4.78 is 23.8. The van der Waals surface area contributed by atoms with Crippen molar-refractivity contribution in [1.29, 1.82) is 0 Å². The quantitative estimate of drug-likeness (QED) is 0.850. The molecule has 2 rings (SSSR count). The molecule has 0 fully saturated rings.